The van der Waals surface area contributed by atoms with E-state index in [-0.39, 0.29) is 5.41 Å². The first-order valence-corrected chi connectivity index (χ1v) is 5.69. The monoisotopic (exact) mass is 229 g/mol. The summed E-state index contributed by atoms with van der Waals surface area (Å²) in [6.45, 7) is 8.28. The zero-order valence-corrected chi connectivity index (χ0v) is 11.2. The van der Waals surface area contributed by atoms with Gasteiger partial charge in [-0.1, -0.05) is 26.8 Å². The molecule has 0 N–H and O–H groups in total. The maximum Gasteiger partial charge on any atom is 0.122 e. The van der Waals surface area contributed by atoms with Crippen molar-refractivity contribution >= 4 is 5.57 Å². The van der Waals surface area contributed by atoms with Crippen molar-refractivity contribution in [1.82, 2.24) is 0 Å². The quantitative estimate of drug-likeness (QED) is 0.720. The smallest absolute Gasteiger partial charge is 0.122 e. The summed E-state index contributed by atoms with van der Waals surface area (Å²) in [6.07, 6.45) is 1.83. The summed E-state index contributed by atoms with van der Waals surface area (Å²) in [6, 6.07) is 8.09. The summed E-state index contributed by atoms with van der Waals surface area (Å²) in [5.74, 6) is 0.870. The summed E-state index contributed by atoms with van der Waals surface area (Å²) >= 11 is 0. The van der Waals surface area contributed by atoms with Crippen LogP contribution in [0, 0.1) is 11.3 Å². The number of ether oxygens (including phenoxy) is 1. The summed E-state index contributed by atoms with van der Waals surface area (Å²) in [4.78, 5) is 0. The van der Waals surface area contributed by atoms with E-state index in [1.807, 2.05) is 31.2 Å². The van der Waals surface area contributed by atoms with E-state index in [0.29, 0.717) is 5.57 Å². The molecule has 0 aliphatic heterocycles. The normalized spacial score (nSPS) is 12.1. The fourth-order valence-corrected chi connectivity index (χ4v) is 1.76. The average Bonchev–Trinajstić information content (AvgIpc) is 2.29. The lowest BCUT2D eigenvalue weighted by Gasteiger charge is -2.22. The van der Waals surface area contributed by atoms with Gasteiger partial charge in [-0.25, -0.2) is 0 Å². The minimum atomic E-state index is -0.00431. The van der Waals surface area contributed by atoms with Crippen molar-refractivity contribution in [3.8, 4) is 11.8 Å². The molecule has 0 bridgehead atoms. The van der Waals surface area contributed by atoms with Crippen molar-refractivity contribution in [3.05, 3.63) is 35.4 Å². The molecule has 0 amide bonds. The highest BCUT2D eigenvalue weighted by Gasteiger charge is 2.19. The van der Waals surface area contributed by atoms with Crippen LogP contribution in [0.2, 0.25) is 0 Å². The van der Waals surface area contributed by atoms with Gasteiger partial charge in [-0.3, -0.25) is 0 Å². The lowest BCUT2D eigenvalue weighted by molar-refractivity contribution is 0.397. The molecule has 0 fully saturated rings. The zero-order chi connectivity index (χ0) is 13.1. The Bertz CT molecular complexity index is 473. The van der Waals surface area contributed by atoms with Crippen molar-refractivity contribution in [3.63, 3.8) is 0 Å². The molecule has 0 spiro atoms. The lowest BCUT2D eigenvalue weighted by atomic mass is 9.84. The van der Waals surface area contributed by atoms with Crippen molar-refractivity contribution in [1.29, 1.82) is 5.26 Å². The molecular formula is C15H19NO. The van der Waals surface area contributed by atoms with Crippen LogP contribution >= 0.6 is 0 Å². The van der Waals surface area contributed by atoms with Crippen LogP contribution in [0.5, 0.6) is 5.75 Å². The van der Waals surface area contributed by atoms with Crippen LogP contribution in [0.3, 0.4) is 0 Å². The minimum absolute atomic E-state index is 0.00431. The molecule has 1 rings (SSSR count). The van der Waals surface area contributed by atoms with E-state index in [4.69, 9.17) is 10.00 Å². The standard InChI is InChI=1S/C15H19NO/c1-6-11(10-16)12-7-8-14(17-5)13(9-12)15(2,3)4/h6-9H,1-5H3/b11-6+. The van der Waals surface area contributed by atoms with E-state index < -0.39 is 0 Å². The first-order valence-electron chi connectivity index (χ1n) is 5.69. The predicted molar refractivity (Wildman–Crippen MR) is 71.0 cm³/mol. The van der Waals surface area contributed by atoms with Crippen LogP contribution < -0.4 is 4.74 Å². The Labute approximate surface area is 104 Å². The highest BCUT2D eigenvalue weighted by molar-refractivity contribution is 5.77. The Morgan fingerprint density at radius 1 is 1.35 bits per heavy atom. The van der Waals surface area contributed by atoms with Gasteiger partial charge in [0.25, 0.3) is 0 Å². The van der Waals surface area contributed by atoms with E-state index in [2.05, 4.69) is 26.8 Å². The third kappa shape index (κ3) is 2.88. The molecule has 2 nitrogen and oxygen atoms in total. The number of rotatable bonds is 2. The molecule has 1 aromatic carbocycles. The predicted octanol–water partition coefficient (Wildman–Crippen LogP) is 3.92. The van der Waals surface area contributed by atoms with Gasteiger partial charge in [0.2, 0.25) is 0 Å². The highest BCUT2D eigenvalue weighted by Crippen LogP contribution is 2.33. The Kier molecular flexibility index (Phi) is 3.96. The second-order valence-corrected chi connectivity index (χ2v) is 4.98. The fourth-order valence-electron chi connectivity index (χ4n) is 1.76. The van der Waals surface area contributed by atoms with Crippen LogP contribution in [-0.4, -0.2) is 7.11 Å². The van der Waals surface area contributed by atoms with Gasteiger partial charge in [0, 0.05) is 5.56 Å². The van der Waals surface area contributed by atoms with Crippen LogP contribution in [0.4, 0.5) is 0 Å². The van der Waals surface area contributed by atoms with Crippen LogP contribution in [0.25, 0.3) is 5.57 Å². The molecule has 0 heterocycles. The van der Waals surface area contributed by atoms with Gasteiger partial charge in [0.1, 0.15) is 5.75 Å². The molecule has 0 saturated carbocycles. The Hall–Kier alpha value is -1.75. The summed E-state index contributed by atoms with van der Waals surface area (Å²) in [7, 11) is 1.67. The van der Waals surface area contributed by atoms with E-state index in [1.165, 1.54) is 0 Å². The molecule has 2 heteroatoms. The molecule has 0 atom stereocenters. The number of nitriles is 1. The highest BCUT2D eigenvalue weighted by atomic mass is 16.5. The number of methoxy groups -OCH3 is 1. The summed E-state index contributed by atoms with van der Waals surface area (Å²) in [5, 5.41) is 9.05. The van der Waals surface area contributed by atoms with Crippen molar-refractivity contribution < 1.29 is 4.74 Å². The van der Waals surface area contributed by atoms with E-state index in [1.54, 1.807) is 7.11 Å². The van der Waals surface area contributed by atoms with Gasteiger partial charge in [0.05, 0.1) is 18.8 Å². The SMILES string of the molecule is C/C=C(\C#N)c1ccc(OC)c(C(C)(C)C)c1. The van der Waals surface area contributed by atoms with E-state index in [9.17, 15) is 0 Å². The minimum Gasteiger partial charge on any atom is -0.496 e. The Morgan fingerprint density at radius 2 is 2.00 bits per heavy atom. The molecule has 0 aromatic heterocycles. The van der Waals surface area contributed by atoms with Gasteiger partial charge in [-0.15, -0.1) is 0 Å². The van der Waals surface area contributed by atoms with E-state index in [0.717, 1.165) is 16.9 Å². The molecule has 90 valence electrons. The zero-order valence-electron chi connectivity index (χ0n) is 11.2. The fraction of sp³-hybridized carbons (Fsp3) is 0.400. The molecule has 0 radical (unpaired) electrons. The van der Waals surface area contributed by atoms with E-state index >= 15 is 0 Å². The molecule has 17 heavy (non-hydrogen) atoms. The number of allylic oxidation sites excluding steroid dienone is 2. The van der Waals surface area contributed by atoms with Gasteiger partial charge >= 0.3 is 0 Å². The van der Waals surface area contributed by atoms with Gasteiger partial charge < -0.3 is 4.74 Å². The molecular weight excluding hydrogens is 210 g/mol. The molecule has 0 unspecified atom stereocenters. The van der Waals surface area contributed by atoms with Gasteiger partial charge in [-0.05, 0) is 36.1 Å². The third-order valence-corrected chi connectivity index (χ3v) is 2.73. The number of nitrogens with zero attached hydrogens (tertiary/aromatic N) is 1. The van der Waals surface area contributed by atoms with Crippen LogP contribution in [0.15, 0.2) is 24.3 Å². The Balaban J connectivity index is 3.39. The van der Waals surface area contributed by atoms with Gasteiger partial charge in [-0.2, -0.15) is 5.26 Å². The average molecular weight is 229 g/mol. The third-order valence-electron chi connectivity index (χ3n) is 2.73. The van der Waals surface area contributed by atoms with Crippen molar-refractivity contribution in [2.45, 2.75) is 33.1 Å². The second kappa shape index (κ2) is 5.05. The van der Waals surface area contributed by atoms with Crippen molar-refractivity contribution in [2.75, 3.05) is 7.11 Å². The summed E-state index contributed by atoms with van der Waals surface area (Å²) < 4.78 is 5.37. The number of hydrogen-bond donors (Lipinski definition) is 0. The van der Waals surface area contributed by atoms with Crippen LogP contribution in [-0.2, 0) is 5.41 Å². The molecule has 1 aromatic rings. The lowest BCUT2D eigenvalue weighted by Crippen LogP contribution is -2.13. The topological polar surface area (TPSA) is 33.0 Å². The first-order chi connectivity index (χ1) is 7.93. The second-order valence-electron chi connectivity index (χ2n) is 4.98. The largest absolute Gasteiger partial charge is 0.496 e. The first kappa shape index (κ1) is 13.3. The molecule has 0 saturated heterocycles. The van der Waals surface area contributed by atoms with Crippen molar-refractivity contribution in [2.24, 2.45) is 0 Å². The number of hydrogen-bond acceptors (Lipinski definition) is 2. The maximum atomic E-state index is 9.05. The maximum absolute atomic E-state index is 9.05. The molecule has 0 aliphatic rings. The Morgan fingerprint density at radius 3 is 2.41 bits per heavy atom. The molecule has 0 aliphatic carbocycles. The number of benzene rings is 1. The van der Waals surface area contributed by atoms with Crippen LogP contribution in [0.1, 0.15) is 38.8 Å². The van der Waals surface area contributed by atoms with Gasteiger partial charge in [0.15, 0.2) is 0 Å². The summed E-state index contributed by atoms with van der Waals surface area (Å²) in [5.41, 5.74) is 2.75.